The molecule has 3 aliphatic heterocycles. The van der Waals surface area contributed by atoms with E-state index in [1.165, 1.54) is 0 Å². The molecule has 1 amide bonds. The predicted octanol–water partition coefficient (Wildman–Crippen LogP) is 1.59. The zero-order valence-electron chi connectivity index (χ0n) is 11.8. The third kappa shape index (κ3) is 2.16. The third-order valence-electron chi connectivity index (χ3n) is 4.73. The SMILES string of the molecule is O=C(c1ccc2c(c1)OCCO2)N1C2CCC1CC(O)C2. The van der Waals surface area contributed by atoms with Crippen LogP contribution in [0.1, 0.15) is 36.0 Å². The van der Waals surface area contributed by atoms with Gasteiger partial charge in [0, 0.05) is 17.6 Å². The van der Waals surface area contributed by atoms with E-state index >= 15 is 0 Å². The standard InChI is InChI=1S/C16H19NO4/c18-13-8-11-2-3-12(9-13)17(11)16(19)10-1-4-14-15(7-10)21-6-5-20-14/h1,4,7,11-13,18H,2-3,5-6,8-9H2. The van der Waals surface area contributed by atoms with Crippen molar-refractivity contribution in [1.82, 2.24) is 4.90 Å². The Hall–Kier alpha value is -1.75. The summed E-state index contributed by atoms with van der Waals surface area (Å²) in [5, 5.41) is 9.84. The van der Waals surface area contributed by atoms with Crippen LogP contribution in [0.4, 0.5) is 0 Å². The van der Waals surface area contributed by atoms with Crippen LogP contribution in [0.3, 0.4) is 0 Å². The largest absolute Gasteiger partial charge is 0.486 e. The lowest BCUT2D eigenvalue weighted by Gasteiger charge is -2.37. The fourth-order valence-electron chi connectivity index (χ4n) is 3.81. The predicted molar refractivity (Wildman–Crippen MR) is 75.7 cm³/mol. The monoisotopic (exact) mass is 289 g/mol. The average Bonchev–Trinajstić information content (AvgIpc) is 2.78. The summed E-state index contributed by atoms with van der Waals surface area (Å²) < 4.78 is 11.0. The molecule has 1 aromatic rings. The van der Waals surface area contributed by atoms with Crippen molar-refractivity contribution in [2.45, 2.75) is 43.9 Å². The number of amides is 1. The van der Waals surface area contributed by atoms with Crippen LogP contribution in [0.25, 0.3) is 0 Å². The van der Waals surface area contributed by atoms with Gasteiger partial charge >= 0.3 is 0 Å². The van der Waals surface area contributed by atoms with Crippen LogP contribution in [0, 0.1) is 0 Å². The van der Waals surface area contributed by atoms with E-state index in [1.54, 1.807) is 12.1 Å². The van der Waals surface area contributed by atoms with Crippen molar-refractivity contribution < 1.29 is 19.4 Å². The zero-order chi connectivity index (χ0) is 14.4. The topological polar surface area (TPSA) is 59.0 Å². The number of piperidine rings is 1. The van der Waals surface area contributed by atoms with Crippen LogP contribution < -0.4 is 9.47 Å². The van der Waals surface area contributed by atoms with Gasteiger partial charge in [0.2, 0.25) is 0 Å². The Morgan fingerprint density at radius 2 is 1.76 bits per heavy atom. The first-order chi connectivity index (χ1) is 10.2. The minimum absolute atomic E-state index is 0.0476. The lowest BCUT2D eigenvalue weighted by molar-refractivity contribution is 0.0286. The number of aliphatic hydroxyl groups excluding tert-OH is 1. The average molecular weight is 289 g/mol. The molecule has 0 aromatic heterocycles. The molecule has 112 valence electrons. The van der Waals surface area contributed by atoms with E-state index in [9.17, 15) is 9.90 Å². The van der Waals surface area contributed by atoms with Crippen molar-refractivity contribution in [2.75, 3.05) is 13.2 Å². The first kappa shape index (κ1) is 13.0. The van der Waals surface area contributed by atoms with E-state index in [4.69, 9.17) is 9.47 Å². The first-order valence-electron chi connectivity index (χ1n) is 7.63. The molecule has 2 fully saturated rings. The van der Waals surface area contributed by atoms with Crippen molar-refractivity contribution in [3.63, 3.8) is 0 Å². The first-order valence-corrected chi connectivity index (χ1v) is 7.63. The van der Waals surface area contributed by atoms with E-state index < -0.39 is 0 Å². The number of carbonyl (C=O) groups is 1. The number of carbonyl (C=O) groups excluding carboxylic acids is 1. The molecule has 5 nitrogen and oxygen atoms in total. The second kappa shape index (κ2) is 4.91. The summed E-state index contributed by atoms with van der Waals surface area (Å²) in [5.41, 5.74) is 0.646. The molecule has 3 heterocycles. The Morgan fingerprint density at radius 1 is 1.10 bits per heavy atom. The summed E-state index contributed by atoms with van der Waals surface area (Å²) in [6.45, 7) is 1.07. The summed E-state index contributed by atoms with van der Waals surface area (Å²) >= 11 is 0. The summed E-state index contributed by atoms with van der Waals surface area (Å²) in [6.07, 6.45) is 3.14. The molecule has 2 saturated heterocycles. The quantitative estimate of drug-likeness (QED) is 0.853. The highest BCUT2D eigenvalue weighted by molar-refractivity contribution is 5.95. The van der Waals surface area contributed by atoms with E-state index in [0.717, 1.165) is 12.8 Å². The van der Waals surface area contributed by atoms with Gasteiger partial charge in [0.05, 0.1) is 6.10 Å². The molecule has 2 bridgehead atoms. The molecule has 1 aromatic carbocycles. The van der Waals surface area contributed by atoms with Gasteiger partial charge in [-0.2, -0.15) is 0 Å². The molecule has 0 aliphatic carbocycles. The molecular formula is C16H19NO4. The number of aliphatic hydroxyl groups is 1. The third-order valence-corrected chi connectivity index (χ3v) is 4.73. The van der Waals surface area contributed by atoms with Gasteiger partial charge in [0.15, 0.2) is 11.5 Å². The molecule has 5 heteroatoms. The van der Waals surface area contributed by atoms with E-state index in [1.807, 2.05) is 11.0 Å². The Kier molecular flexibility index (Phi) is 3.03. The minimum Gasteiger partial charge on any atom is -0.486 e. The highest BCUT2D eigenvalue weighted by Crippen LogP contribution is 2.38. The number of ether oxygens (including phenoxy) is 2. The second-order valence-electron chi connectivity index (χ2n) is 6.08. The molecule has 21 heavy (non-hydrogen) atoms. The van der Waals surface area contributed by atoms with Gasteiger partial charge in [-0.3, -0.25) is 4.79 Å². The smallest absolute Gasteiger partial charge is 0.254 e. The van der Waals surface area contributed by atoms with Crippen molar-refractivity contribution >= 4 is 5.91 Å². The molecule has 2 atom stereocenters. The Morgan fingerprint density at radius 3 is 2.48 bits per heavy atom. The lowest BCUT2D eigenvalue weighted by atomic mass is 9.98. The van der Waals surface area contributed by atoms with Crippen LogP contribution in [-0.2, 0) is 0 Å². The zero-order valence-corrected chi connectivity index (χ0v) is 11.8. The summed E-state index contributed by atoms with van der Waals surface area (Å²) in [5.74, 6) is 1.40. The molecular weight excluding hydrogens is 270 g/mol. The number of fused-ring (bicyclic) bond motifs is 3. The van der Waals surface area contributed by atoms with Crippen LogP contribution >= 0.6 is 0 Å². The van der Waals surface area contributed by atoms with Crippen LogP contribution in [0.5, 0.6) is 11.5 Å². The van der Waals surface area contributed by atoms with Crippen molar-refractivity contribution in [1.29, 1.82) is 0 Å². The van der Waals surface area contributed by atoms with Crippen LogP contribution in [-0.4, -0.2) is 47.3 Å². The van der Waals surface area contributed by atoms with Crippen molar-refractivity contribution in [3.8, 4) is 11.5 Å². The highest BCUT2D eigenvalue weighted by Gasteiger charge is 2.43. The number of hydrogen-bond donors (Lipinski definition) is 1. The number of nitrogens with zero attached hydrogens (tertiary/aromatic N) is 1. The maximum absolute atomic E-state index is 12.8. The van der Waals surface area contributed by atoms with Crippen molar-refractivity contribution in [3.05, 3.63) is 23.8 Å². The fraction of sp³-hybridized carbons (Fsp3) is 0.562. The Bertz CT molecular complexity index is 559. The molecule has 0 spiro atoms. The molecule has 4 rings (SSSR count). The summed E-state index contributed by atoms with van der Waals surface area (Å²) in [4.78, 5) is 14.8. The Balaban J connectivity index is 1.60. The number of hydrogen-bond acceptors (Lipinski definition) is 4. The highest BCUT2D eigenvalue weighted by atomic mass is 16.6. The van der Waals surface area contributed by atoms with Gasteiger partial charge in [-0.1, -0.05) is 0 Å². The summed E-state index contributed by atoms with van der Waals surface area (Å²) in [6, 6.07) is 5.75. The van der Waals surface area contributed by atoms with Gasteiger partial charge in [-0.25, -0.2) is 0 Å². The van der Waals surface area contributed by atoms with Gasteiger partial charge in [-0.05, 0) is 43.9 Å². The van der Waals surface area contributed by atoms with Crippen LogP contribution in [0.15, 0.2) is 18.2 Å². The van der Waals surface area contributed by atoms with Gasteiger partial charge in [0.1, 0.15) is 13.2 Å². The minimum atomic E-state index is -0.258. The number of rotatable bonds is 1. The fourth-order valence-corrected chi connectivity index (χ4v) is 3.81. The van der Waals surface area contributed by atoms with Gasteiger partial charge < -0.3 is 19.5 Å². The van der Waals surface area contributed by atoms with Crippen molar-refractivity contribution in [2.24, 2.45) is 0 Å². The summed E-state index contributed by atoms with van der Waals surface area (Å²) in [7, 11) is 0. The molecule has 0 saturated carbocycles. The van der Waals surface area contributed by atoms with Gasteiger partial charge in [-0.15, -0.1) is 0 Å². The molecule has 1 N–H and O–H groups in total. The number of benzene rings is 1. The molecule has 3 aliphatic rings. The van der Waals surface area contributed by atoms with E-state index in [-0.39, 0.29) is 24.1 Å². The maximum atomic E-state index is 12.8. The van der Waals surface area contributed by atoms with E-state index in [0.29, 0.717) is 43.1 Å². The molecule has 2 unspecified atom stereocenters. The molecule has 0 radical (unpaired) electrons. The van der Waals surface area contributed by atoms with Crippen LogP contribution in [0.2, 0.25) is 0 Å². The normalized spacial score (nSPS) is 30.3. The Labute approximate surface area is 123 Å². The maximum Gasteiger partial charge on any atom is 0.254 e. The van der Waals surface area contributed by atoms with E-state index in [2.05, 4.69) is 0 Å². The second-order valence-corrected chi connectivity index (χ2v) is 6.08. The van der Waals surface area contributed by atoms with Gasteiger partial charge in [0.25, 0.3) is 5.91 Å². The lowest BCUT2D eigenvalue weighted by Crippen LogP contribution is -2.48.